The molecule has 2 amide bonds. The fourth-order valence-corrected chi connectivity index (χ4v) is 2.98. The average molecular weight is 385 g/mol. The van der Waals surface area contributed by atoms with E-state index in [0.29, 0.717) is 19.0 Å². The topological polar surface area (TPSA) is 74.0 Å². The molecule has 3 N–H and O–H groups in total. The van der Waals surface area contributed by atoms with Gasteiger partial charge in [0.2, 0.25) is 5.91 Å². The number of halogens is 2. The van der Waals surface area contributed by atoms with Gasteiger partial charge in [-0.1, -0.05) is 18.2 Å². The Morgan fingerprint density at radius 1 is 1.00 bits per heavy atom. The molecule has 146 valence electrons. The number of rotatable bonds is 8. The number of fused-ring (bicyclic) bond motifs is 1. The molecule has 0 aliphatic heterocycles. The minimum atomic E-state index is -0.910. The number of benzene rings is 2. The Morgan fingerprint density at radius 3 is 2.64 bits per heavy atom. The summed E-state index contributed by atoms with van der Waals surface area (Å²) >= 11 is 0. The Bertz CT molecular complexity index is 985. The molecular weight excluding hydrogens is 364 g/mol. The number of hydrogen-bond acceptors (Lipinski definition) is 2. The largest absolute Gasteiger partial charge is 0.361 e. The molecule has 5 nitrogen and oxygen atoms in total. The second-order valence-electron chi connectivity index (χ2n) is 6.44. The summed E-state index contributed by atoms with van der Waals surface area (Å²) in [4.78, 5) is 27.0. The molecule has 0 aliphatic rings. The van der Waals surface area contributed by atoms with E-state index in [1.165, 1.54) is 0 Å². The van der Waals surface area contributed by atoms with E-state index in [1.807, 2.05) is 30.5 Å². The fraction of sp³-hybridized carbons (Fsp3) is 0.238. The fourth-order valence-electron chi connectivity index (χ4n) is 2.98. The van der Waals surface area contributed by atoms with E-state index in [1.54, 1.807) is 0 Å². The maximum Gasteiger partial charge on any atom is 0.254 e. The highest BCUT2D eigenvalue weighted by molar-refractivity contribution is 5.94. The molecule has 28 heavy (non-hydrogen) atoms. The van der Waals surface area contributed by atoms with Crippen LogP contribution in [0.3, 0.4) is 0 Å². The van der Waals surface area contributed by atoms with Crippen LogP contribution < -0.4 is 10.6 Å². The molecule has 0 saturated heterocycles. The van der Waals surface area contributed by atoms with Crippen LogP contribution in [0, 0.1) is 11.6 Å². The number of amides is 2. The van der Waals surface area contributed by atoms with Crippen LogP contribution in [0.25, 0.3) is 10.9 Å². The molecule has 0 radical (unpaired) electrons. The zero-order valence-electron chi connectivity index (χ0n) is 15.2. The van der Waals surface area contributed by atoms with E-state index in [9.17, 15) is 18.4 Å². The van der Waals surface area contributed by atoms with Crippen molar-refractivity contribution in [3.8, 4) is 0 Å². The van der Waals surface area contributed by atoms with Crippen LogP contribution in [0.1, 0.15) is 28.8 Å². The highest BCUT2D eigenvalue weighted by atomic mass is 19.1. The molecule has 3 aromatic rings. The summed E-state index contributed by atoms with van der Waals surface area (Å²) in [6, 6.07) is 10.8. The number of carbonyl (C=O) groups is 2. The van der Waals surface area contributed by atoms with Crippen molar-refractivity contribution >= 4 is 22.7 Å². The van der Waals surface area contributed by atoms with Crippen LogP contribution in [0.2, 0.25) is 0 Å². The van der Waals surface area contributed by atoms with Crippen molar-refractivity contribution in [2.75, 3.05) is 13.1 Å². The first-order chi connectivity index (χ1) is 13.5. The van der Waals surface area contributed by atoms with Crippen LogP contribution in [0.4, 0.5) is 8.78 Å². The van der Waals surface area contributed by atoms with Crippen molar-refractivity contribution in [3.05, 3.63) is 71.4 Å². The SMILES string of the molecule is O=C(CCCNC(=O)c1ccc(F)cc1F)NCCc1c[nH]c2ccccc12. The van der Waals surface area contributed by atoms with Gasteiger partial charge in [-0.3, -0.25) is 9.59 Å². The predicted molar refractivity (Wildman–Crippen MR) is 103 cm³/mol. The number of carbonyl (C=O) groups excluding carboxylic acids is 2. The Labute approximate surface area is 161 Å². The Kier molecular flexibility index (Phi) is 6.37. The monoisotopic (exact) mass is 385 g/mol. The first-order valence-corrected chi connectivity index (χ1v) is 9.09. The van der Waals surface area contributed by atoms with Gasteiger partial charge in [0.15, 0.2) is 0 Å². The molecular formula is C21H21F2N3O2. The maximum atomic E-state index is 13.5. The summed E-state index contributed by atoms with van der Waals surface area (Å²) in [5.74, 6) is -2.38. The van der Waals surface area contributed by atoms with Crippen molar-refractivity contribution in [2.24, 2.45) is 0 Å². The van der Waals surface area contributed by atoms with Gasteiger partial charge >= 0.3 is 0 Å². The number of aromatic nitrogens is 1. The normalized spacial score (nSPS) is 10.8. The molecule has 2 aromatic carbocycles. The number of aromatic amines is 1. The van der Waals surface area contributed by atoms with Crippen molar-refractivity contribution in [1.82, 2.24) is 15.6 Å². The van der Waals surface area contributed by atoms with Gasteiger partial charge in [-0.05, 0) is 36.6 Å². The lowest BCUT2D eigenvalue weighted by Gasteiger charge is -2.07. The Hall–Kier alpha value is -3.22. The Balaban J connectivity index is 1.35. The number of hydrogen-bond donors (Lipinski definition) is 3. The Morgan fingerprint density at radius 2 is 1.82 bits per heavy atom. The molecule has 1 aromatic heterocycles. The highest BCUT2D eigenvalue weighted by Crippen LogP contribution is 2.17. The summed E-state index contributed by atoms with van der Waals surface area (Å²) in [6.45, 7) is 0.749. The van der Waals surface area contributed by atoms with E-state index in [4.69, 9.17) is 0 Å². The molecule has 0 unspecified atom stereocenters. The second kappa shape index (κ2) is 9.12. The first-order valence-electron chi connectivity index (χ1n) is 9.09. The molecule has 3 rings (SSSR count). The third-order valence-corrected chi connectivity index (χ3v) is 4.43. The lowest BCUT2D eigenvalue weighted by Crippen LogP contribution is -2.29. The van der Waals surface area contributed by atoms with E-state index < -0.39 is 17.5 Å². The predicted octanol–water partition coefficient (Wildman–Crippen LogP) is 3.32. The minimum absolute atomic E-state index is 0.109. The van der Waals surface area contributed by atoms with Crippen molar-refractivity contribution in [2.45, 2.75) is 19.3 Å². The van der Waals surface area contributed by atoms with E-state index in [-0.39, 0.29) is 24.4 Å². The molecule has 0 bridgehead atoms. The van der Waals surface area contributed by atoms with Crippen molar-refractivity contribution < 1.29 is 18.4 Å². The van der Waals surface area contributed by atoms with Gasteiger partial charge in [-0.25, -0.2) is 8.78 Å². The molecule has 7 heteroatoms. The lowest BCUT2D eigenvalue weighted by molar-refractivity contribution is -0.121. The van der Waals surface area contributed by atoms with Crippen LogP contribution >= 0.6 is 0 Å². The lowest BCUT2D eigenvalue weighted by atomic mass is 10.1. The molecule has 0 fully saturated rings. The third-order valence-electron chi connectivity index (χ3n) is 4.43. The number of H-pyrrole nitrogens is 1. The zero-order valence-corrected chi connectivity index (χ0v) is 15.2. The number of para-hydroxylation sites is 1. The van der Waals surface area contributed by atoms with Crippen LogP contribution in [-0.4, -0.2) is 29.9 Å². The number of nitrogens with one attached hydrogen (secondary N) is 3. The smallest absolute Gasteiger partial charge is 0.254 e. The first kappa shape index (κ1) is 19.5. The second-order valence-corrected chi connectivity index (χ2v) is 6.44. The highest BCUT2D eigenvalue weighted by Gasteiger charge is 2.12. The molecule has 1 heterocycles. The van der Waals surface area contributed by atoms with Gasteiger partial charge in [-0.2, -0.15) is 0 Å². The minimum Gasteiger partial charge on any atom is -0.361 e. The van der Waals surface area contributed by atoms with Crippen molar-refractivity contribution in [1.29, 1.82) is 0 Å². The van der Waals surface area contributed by atoms with E-state index in [0.717, 1.165) is 35.0 Å². The van der Waals surface area contributed by atoms with Gasteiger partial charge in [0.25, 0.3) is 5.91 Å². The maximum absolute atomic E-state index is 13.5. The van der Waals surface area contributed by atoms with Gasteiger partial charge in [0.1, 0.15) is 11.6 Å². The summed E-state index contributed by atoms with van der Waals surface area (Å²) in [5, 5.41) is 6.53. The average Bonchev–Trinajstić information content (AvgIpc) is 3.08. The zero-order chi connectivity index (χ0) is 19.9. The standard InChI is InChI=1S/C21H21F2N3O2/c22-15-7-8-17(18(23)12-15)21(28)25-10-3-6-20(27)24-11-9-14-13-26-19-5-2-1-4-16(14)19/h1-2,4-5,7-8,12-13,26H,3,6,9-11H2,(H,24,27)(H,25,28). The molecule has 0 aliphatic carbocycles. The van der Waals surface area contributed by atoms with Crippen LogP contribution in [0.15, 0.2) is 48.7 Å². The summed E-state index contributed by atoms with van der Waals surface area (Å²) in [6.07, 6.45) is 3.34. The van der Waals surface area contributed by atoms with Gasteiger partial charge in [0, 0.05) is 42.7 Å². The van der Waals surface area contributed by atoms with E-state index >= 15 is 0 Å². The molecule has 0 spiro atoms. The van der Waals surface area contributed by atoms with Crippen molar-refractivity contribution in [3.63, 3.8) is 0 Å². The van der Waals surface area contributed by atoms with E-state index in [2.05, 4.69) is 15.6 Å². The summed E-state index contributed by atoms with van der Waals surface area (Å²) < 4.78 is 26.4. The van der Waals surface area contributed by atoms with Gasteiger partial charge in [-0.15, -0.1) is 0 Å². The van der Waals surface area contributed by atoms with Gasteiger partial charge < -0.3 is 15.6 Å². The summed E-state index contributed by atoms with van der Waals surface area (Å²) in [7, 11) is 0. The molecule has 0 saturated carbocycles. The quantitative estimate of drug-likeness (QED) is 0.521. The molecule has 0 atom stereocenters. The van der Waals surface area contributed by atoms with Crippen LogP contribution in [-0.2, 0) is 11.2 Å². The third kappa shape index (κ3) is 4.94. The van der Waals surface area contributed by atoms with Crippen LogP contribution in [0.5, 0.6) is 0 Å². The summed E-state index contributed by atoms with van der Waals surface area (Å²) in [5.41, 5.74) is 1.99. The van der Waals surface area contributed by atoms with Gasteiger partial charge in [0.05, 0.1) is 5.56 Å².